The largest absolute Gasteiger partial charge is 0.349 e. The molecule has 1 amide bonds. The van der Waals surface area contributed by atoms with Crippen molar-refractivity contribution in [3.63, 3.8) is 0 Å². The summed E-state index contributed by atoms with van der Waals surface area (Å²) in [6, 6.07) is 4.13. The first kappa shape index (κ1) is 11.9. The number of carbonyl (C=O) groups excluding carboxylic acids is 1. The summed E-state index contributed by atoms with van der Waals surface area (Å²) in [6.45, 7) is 1.97. The van der Waals surface area contributed by atoms with Gasteiger partial charge in [-0.1, -0.05) is 0 Å². The van der Waals surface area contributed by atoms with Crippen LogP contribution in [0.15, 0.2) is 17.5 Å². The summed E-state index contributed by atoms with van der Waals surface area (Å²) in [6.07, 6.45) is 0.799. The fourth-order valence-electron chi connectivity index (χ4n) is 1.41. The maximum Gasteiger partial charge on any atom is 0.261 e. The van der Waals surface area contributed by atoms with Crippen LogP contribution in [0, 0.1) is 0 Å². The van der Waals surface area contributed by atoms with E-state index in [2.05, 4.69) is 5.32 Å². The lowest BCUT2D eigenvalue weighted by atomic mass is 10.2. The molecule has 16 heavy (non-hydrogen) atoms. The normalized spacial score (nSPS) is 12.9. The van der Waals surface area contributed by atoms with Gasteiger partial charge in [-0.3, -0.25) is 4.79 Å². The summed E-state index contributed by atoms with van der Waals surface area (Å²) in [4.78, 5) is 12.6. The van der Waals surface area contributed by atoms with Gasteiger partial charge in [-0.25, -0.2) is 0 Å². The molecule has 0 radical (unpaired) electrons. The third kappa shape index (κ3) is 2.56. The van der Waals surface area contributed by atoms with Crippen LogP contribution < -0.4 is 5.32 Å². The SMILES string of the molecule is CC(CCCl)NC(=O)c1cc2sccc2s1. The number of hydrogen-bond acceptors (Lipinski definition) is 3. The van der Waals surface area contributed by atoms with Gasteiger partial charge in [0.1, 0.15) is 0 Å². The fraction of sp³-hybridized carbons (Fsp3) is 0.364. The van der Waals surface area contributed by atoms with Crippen LogP contribution in [0.4, 0.5) is 0 Å². The van der Waals surface area contributed by atoms with Crippen LogP contribution >= 0.6 is 34.3 Å². The molecule has 2 aromatic rings. The van der Waals surface area contributed by atoms with Crippen LogP contribution in [0.3, 0.4) is 0 Å². The van der Waals surface area contributed by atoms with Crippen molar-refractivity contribution in [2.45, 2.75) is 19.4 Å². The molecule has 1 atom stereocenters. The van der Waals surface area contributed by atoms with Crippen LogP contribution in [-0.4, -0.2) is 17.8 Å². The molecule has 0 saturated heterocycles. The summed E-state index contributed by atoms with van der Waals surface area (Å²) in [5.41, 5.74) is 0. The Kier molecular flexibility index (Phi) is 3.84. The molecule has 1 N–H and O–H groups in total. The summed E-state index contributed by atoms with van der Waals surface area (Å²) in [5, 5.41) is 4.98. The van der Waals surface area contributed by atoms with Crippen molar-refractivity contribution in [1.82, 2.24) is 5.32 Å². The molecule has 0 fully saturated rings. The Bertz CT molecular complexity index is 462. The number of fused-ring (bicyclic) bond motifs is 1. The Labute approximate surface area is 107 Å². The maximum absolute atomic E-state index is 11.9. The molecular formula is C11H12ClNOS2. The third-order valence-corrected chi connectivity index (χ3v) is 4.59. The summed E-state index contributed by atoms with van der Waals surface area (Å²) >= 11 is 8.83. The van der Waals surface area contributed by atoms with Gasteiger partial charge in [0, 0.05) is 21.3 Å². The first-order valence-electron chi connectivity index (χ1n) is 5.04. The zero-order valence-electron chi connectivity index (χ0n) is 8.83. The molecule has 0 aliphatic carbocycles. The Hall–Kier alpha value is -0.580. The van der Waals surface area contributed by atoms with Gasteiger partial charge in [-0.15, -0.1) is 34.3 Å². The second-order valence-electron chi connectivity index (χ2n) is 3.61. The van der Waals surface area contributed by atoms with Crippen LogP contribution in [0.1, 0.15) is 23.0 Å². The van der Waals surface area contributed by atoms with Crippen molar-refractivity contribution < 1.29 is 4.79 Å². The number of hydrogen-bond donors (Lipinski definition) is 1. The van der Waals surface area contributed by atoms with Crippen LogP contribution in [0.5, 0.6) is 0 Å². The van der Waals surface area contributed by atoms with E-state index in [1.807, 2.05) is 24.4 Å². The topological polar surface area (TPSA) is 29.1 Å². The Balaban J connectivity index is 2.07. The van der Waals surface area contributed by atoms with E-state index < -0.39 is 0 Å². The summed E-state index contributed by atoms with van der Waals surface area (Å²) < 4.78 is 2.36. The smallest absolute Gasteiger partial charge is 0.261 e. The summed E-state index contributed by atoms with van der Waals surface area (Å²) in [5.74, 6) is 0.576. The van der Waals surface area contributed by atoms with Crippen LogP contribution in [0.25, 0.3) is 9.40 Å². The molecule has 0 aliphatic rings. The predicted octanol–water partition coefficient (Wildman–Crippen LogP) is 3.71. The van der Waals surface area contributed by atoms with Gasteiger partial charge in [0.05, 0.1) is 4.88 Å². The molecule has 0 aromatic carbocycles. The highest BCUT2D eigenvalue weighted by Crippen LogP contribution is 2.29. The van der Waals surface area contributed by atoms with E-state index >= 15 is 0 Å². The van der Waals surface area contributed by atoms with Crippen molar-refractivity contribution in [3.05, 3.63) is 22.4 Å². The molecule has 86 valence electrons. The number of halogens is 1. The Morgan fingerprint density at radius 1 is 1.56 bits per heavy atom. The van der Waals surface area contributed by atoms with Crippen molar-refractivity contribution >= 4 is 49.6 Å². The average Bonchev–Trinajstić information content (AvgIpc) is 2.76. The van der Waals surface area contributed by atoms with E-state index in [1.165, 1.54) is 20.7 Å². The molecule has 2 heterocycles. The highest BCUT2D eigenvalue weighted by Gasteiger charge is 2.12. The Morgan fingerprint density at radius 2 is 2.38 bits per heavy atom. The molecule has 2 aromatic heterocycles. The van der Waals surface area contributed by atoms with Gasteiger partial charge in [0.25, 0.3) is 5.91 Å². The molecule has 2 nitrogen and oxygen atoms in total. The van der Waals surface area contributed by atoms with Gasteiger partial charge in [-0.2, -0.15) is 0 Å². The number of alkyl halides is 1. The quantitative estimate of drug-likeness (QED) is 0.846. The zero-order chi connectivity index (χ0) is 11.5. The number of thiophene rings is 2. The minimum atomic E-state index is 0.00557. The highest BCUT2D eigenvalue weighted by atomic mass is 35.5. The minimum Gasteiger partial charge on any atom is -0.349 e. The van der Waals surface area contributed by atoms with Gasteiger partial charge in [0.2, 0.25) is 0 Å². The number of carbonyl (C=O) groups is 1. The van der Waals surface area contributed by atoms with Crippen molar-refractivity contribution in [3.8, 4) is 0 Å². The molecular weight excluding hydrogens is 262 g/mol. The van der Waals surface area contributed by atoms with E-state index in [0.717, 1.165) is 11.3 Å². The van der Waals surface area contributed by atoms with Crippen molar-refractivity contribution in [2.24, 2.45) is 0 Å². The molecule has 0 spiro atoms. The zero-order valence-corrected chi connectivity index (χ0v) is 11.2. The van der Waals surface area contributed by atoms with Gasteiger partial charge < -0.3 is 5.32 Å². The lowest BCUT2D eigenvalue weighted by Gasteiger charge is -2.10. The van der Waals surface area contributed by atoms with E-state index in [1.54, 1.807) is 11.3 Å². The van der Waals surface area contributed by atoms with Gasteiger partial charge in [-0.05, 0) is 30.9 Å². The van der Waals surface area contributed by atoms with Crippen molar-refractivity contribution in [2.75, 3.05) is 5.88 Å². The number of nitrogens with one attached hydrogen (secondary N) is 1. The van der Waals surface area contributed by atoms with Crippen LogP contribution in [-0.2, 0) is 0 Å². The maximum atomic E-state index is 11.9. The first-order valence-corrected chi connectivity index (χ1v) is 7.27. The molecule has 2 rings (SSSR count). The second kappa shape index (κ2) is 5.17. The second-order valence-corrected chi connectivity index (χ2v) is 6.02. The molecule has 1 unspecified atom stereocenters. The van der Waals surface area contributed by atoms with E-state index in [0.29, 0.717) is 5.88 Å². The number of rotatable bonds is 4. The summed E-state index contributed by atoms with van der Waals surface area (Å²) in [7, 11) is 0. The van der Waals surface area contributed by atoms with E-state index in [-0.39, 0.29) is 11.9 Å². The predicted molar refractivity (Wildman–Crippen MR) is 72.0 cm³/mol. The van der Waals surface area contributed by atoms with E-state index in [4.69, 9.17) is 11.6 Å². The van der Waals surface area contributed by atoms with Gasteiger partial charge >= 0.3 is 0 Å². The average molecular weight is 274 g/mol. The standard InChI is InChI=1S/C11H12ClNOS2/c1-7(2-4-12)13-11(14)10-6-9-8(16-10)3-5-15-9/h3,5-7H,2,4H2,1H3,(H,13,14). The monoisotopic (exact) mass is 273 g/mol. The van der Waals surface area contributed by atoms with Crippen molar-refractivity contribution in [1.29, 1.82) is 0 Å². The molecule has 0 aliphatic heterocycles. The molecule has 0 bridgehead atoms. The number of amides is 1. The van der Waals surface area contributed by atoms with Crippen LogP contribution in [0.2, 0.25) is 0 Å². The third-order valence-electron chi connectivity index (χ3n) is 2.28. The lowest BCUT2D eigenvalue weighted by Crippen LogP contribution is -2.32. The molecule has 5 heteroatoms. The minimum absolute atomic E-state index is 0.00557. The molecule has 0 saturated carbocycles. The fourth-order valence-corrected chi connectivity index (χ4v) is 3.75. The first-order chi connectivity index (χ1) is 7.70. The Morgan fingerprint density at radius 3 is 3.06 bits per heavy atom. The van der Waals surface area contributed by atoms with Gasteiger partial charge in [0.15, 0.2) is 0 Å². The lowest BCUT2D eigenvalue weighted by molar-refractivity contribution is 0.0943. The van der Waals surface area contributed by atoms with E-state index in [9.17, 15) is 4.79 Å². The highest BCUT2D eigenvalue weighted by molar-refractivity contribution is 7.27.